The van der Waals surface area contributed by atoms with Gasteiger partial charge in [0.05, 0.1) is 5.52 Å². The molecule has 0 aliphatic rings. The summed E-state index contributed by atoms with van der Waals surface area (Å²) >= 11 is 3.39. The molecule has 3 aromatic rings. The van der Waals surface area contributed by atoms with Crippen LogP contribution in [0, 0.1) is 12.7 Å². The van der Waals surface area contributed by atoms with Crippen LogP contribution < -0.4 is 0 Å². The number of H-pyrrole nitrogens is 1. The monoisotopic (exact) mass is 305 g/mol. The zero-order valence-electron chi connectivity index (χ0n) is 9.54. The third-order valence-corrected chi connectivity index (χ3v) is 3.36. The maximum Gasteiger partial charge on any atom is 0.178 e. The minimum Gasteiger partial charge on any atom is -0.337 e. The summed E-state index contributed by atoms with van der Waals surface area (Å²) in [6, 6.07) is 8.33. The lowest BCUT2D eigenvalue weighted by Crippen LogP contribution is -1.84. The summed E-state index contributed by atoms with van der Waals surface area (Å²) in [5.41, 5.74) is 3.07. The van der Waals surface area contributed by atoms with Gasteiger partial charge in [-0.15, -0.1) is 0 Å². The standard InChI is InChI=1S/C13H9BrFN3/c1-7-2-5-11-13(16-7)18-12(17-11)9-6-8(15)3-4-10(9)14/h2-6H,1H3,(H,16,17,18). The number of aromatic nitrogens is 3. The maximum absolute atomic E-state index is 13.3. The van der Waals surface area contributed by atoms with Gasteiger partial charge in [0.2, 0.25) is 0 Å². The fourth-order valence-corrected chi connectivity index (χ4v) is 2.23. The van der Waals surface area contributed by atoms with Crippen molar-refractivity contribution in [2.45, 2.75) is 6.92 Å². The molecule has 0 unspecified atom stereocenters. The molecule has 0 atom stereocenters. The fraction of sp³-hybridized carbons (Fsp3) is 0.0769. The third kappa shape index (κ3) is 1.90. The van der Waals surface area contributed by atoms with Crippen LogP contribution in [-0.2, 0) is 0 Å². The van der Waals surface area contributed by atoms with E-state index in [0.717, 1.165) is 15.7 Å². The molecule has 3 nitrogen and oxygen atoms in total. The minimum absolute atomic E-state index is 0.294. The average molecular weight is 306 g/mol. The van der Waals surface area contributed by atoms with Crippen LogP contribution in [0.5, 0.6) is 0 Å². The first-order valence-corrected chi connectivity index (χ1v) is 6.21. The van der Waals surface area contributed by atoms with E-state index < -0.39 is 0 Å². The molecule has 0 aliphatic carbocycles. The van der Waals surface area contributed by atoms with Crippen molar-refractivity contribution in [2.75, 3.05) is 0 Å². The predicted octanol–water partition coefficient (Wildman–Crippen LogP) is 3.83. The molecule has 90 valence electrons. The van der Waals surface area contributed by atoms with Crippen LogP contribution in [0.3, 0.4) is 0 Å². The Morgan fingerprint density at radius 1 is 1.17 bits per heavy atom. The molecule has 0 saturated carbocycles. The minimum atomic E-state index is -0.294. The number of aryl methyl sites for hydroxylation is 1. The molecule has 0 spiro atoms. The highest BCUT2D eigenvalue weighted by atomic mass is 79.9. The summed E-state index contributed by atoms with van der Waals surface area (Å²) in [5.74, 6) is 0.312. The quantitative estimate of drug-likeness (QED) is 0.742. The Balaban J connectivity index is 2.22. The summed E-state index contributed by atoms with van der Waals surface area (Å²) in [4.78, 5) is 11.8. The van der Waals surface area contributed by atoms with Gasteiger partial charge in [0, 0.05) is 15.7 Å². The van der Waals surface area contributed by atoms with Gasteiger partial charge in [-0.3, -0.25) is 0 Å². The Morgan fingerprint density at radius 3 is 2.83 bits per heavy atom. The molecule has 18 heavy (non-hydrogen) atoms. The zero-order chi connectivity index (χ0) is 12.7. The molecular weight excluding hydrogens is 297 g/mol. The summed E-state index contributed by atoms with van der Waals surface area (Å²) in [6.45, 7) is 1.91. The lowest BCUT2D eigenvalue weighted by atomic mass is 10.2. The molecule has 3 rings (SSSR count). The number of hydrogen-bond donors (Lipinski definition) is 1. The number of pyridine rings is 1. The fourth-order valence-electron chi connectivity index (χ4n) is 1.79. The molecule has 0 bridgehead atoms. The van der Waals surface area contributed by atoms with E-state index in [-0.39, 0.29) is 5.82 Å². The van der Waals surface area contributed by atoms with E-state index in [2.05, 4.69) is 30.9 Å². The van der Waals surface area contributed by atoms with Crippen molar-refractivity contribution in [3.63, 3.8) is 0 Å². The second-order valence-corrected chi connectivity index (χ2v) is 4.89. The van der Waals surface area contributed by atoms with Crippen LogP contribution in [0.1, 0.15) is 5.69 Å². The van der Waals surface area contributed by atoms with Crippen molar-refractivity contribution >= 4 is 27.1 Å². The van der Waals surface area contributed by atoms with Crippen LogP contribution in [-0.4, -0.2) is 15.0 Å². The zero-order valence-corrected chi connectivity index (χ0v) is 11.1. The number of nitrogens with one attached hydrogen (secondary N) is 1. The maximum atomic E-state index is 13.3. The van der Waals surface area contributed by atoms with E-state index in [1.165, 1.54) is 12.1 Å². The highest BCUT2D eigenvalue weighted by Gasteiger charge is 2.10. The largest absolute Gasteiger partial charge is 0.337 e. The molecular formula is C13H9BrFN3. The first kappa shape index (κ1) is 11.3. The highest BCUT2D eigenvalue weighted by molar-refractivity contribution is 9.10. The first-order valence-electron chi connectivity index (χ1n) is 5.42. The van der Waals surface area contributed by atoms with Gasteiger partial charge in [-0.25, -0.2) is 14.4 Å². The molecule has 2 heterocycles. The normalized spacial score (nSPS) is 11.1. The van der Waals surface area contributed by atoms with Gasteiger partial charge in [-0.1, -0.05) is 15.9 Å². The molecule has 0 fully saturated rings. The van der Waals surface area contributed by atoms with Gasteiger partial charge >= 0.3 is 0 Å². The number of aromatic amines is 1. The number of imidazole rings is 1. The number of nitrogens with zero attached hydrogens (tertiary/aromatic N) is 2. The van der Waals surface area contributed by atoms with E-state index in [1.807, 2.05) is 19.1 Å². The molecule has 2 aromatic heterocycles. The molecule has 0 amide bonds. The molecule has 0 saturated heterocycles. The summed E-state index contributed by atoms with van der Waals surface area (Å²) in [6.07, 6.45) is 0. The van der Waals surface area contributed by atoms with Crippen molar-refractivity contribution in [3.05, 3.63) is 46.3 Å². The van der Waals surface area contributed by atoms with E-state index in [0.29, 0.717) is 17.0 Å². The van der Waals surface area contributed by atoms with Gasteiger partial charge in [-0.05, 0) is 37.3 Å². The second kappa shape index (κ2) is 4.17. The molecule has 5 heteroatoms. The van der Waals surface area contributed by atoms with Crippen molar-refractivity contribution < 1.29 is 4.39 Å². The molecule has 0 radical (unpaired) electrons. The Hall–Kier alpha value is -1.75. The Labute approximate surface area is 111 Å². The number of halogens is 2. The van der Waals surface area contributed by atoms with Gasteiger partial charge in [0.15, 0.2) is 5.65 Å². The van der Waals surface area contributed by atoms with Gasteiger partial charge < -0.3 is 4.98 Å². The molecule has 1 aromatic carbocycles. The number of hydrogen-bond acceptors (Lipinski definition) is 2. The van der Waals surface area contributed by atoms with Crippen LogP contribution in [0.25, 0.3) is 22.6 Å². The topological polar surface area (TPSA) is 41.6 Å². The highest BCUT2D eigenvalue weighted by Crippen LogP contribution is 2.28. The van der Waals surface area contributed by atoms with Crippen LogP contribution >= 0.6 is 15.9 Å². The summed E-state index contributed by atoms with van der Waals surface area (Å²) < 4.78 is 14.1. The van der Waals surface area contributed by atoms with Gasteiger partial charge in [0.25, 0.3) is 0 Å². The number of rotatable bonds is 1. The average Bonchev–Trinajstić information content (AvgIpc) is 2.74. The van der Waals surface area contributed by atoms with Crippen molar-refractivity contribution in [2.24, 2.45) is 0 Å². The lowest BCUT2D eigenvalue weighted by Gasteiger charge is -2.00. The SMILES string of the molecule is Cc1ccc2[nH]c(-c3cc(F)ccc3Br)nc2n1. The van der Waals surface area contributed by atoms with Gasteiger partial charge in [0.1, 0.15) is 11.6 Å². The van der Waals surface area contributed by atoms with Crippen LogP contribution in [0.2, 0.25) is 0 Å². The van der Waals surface area contributed by atoms with E-state index in [1.54, 1.807) is 6.07 Å². The molecule has 0 aliphatic heterocycles. The second-order valence-electron chi connectivity index (χ2n) is 4.03. The van der Waals surface area contributed by atoms with Crippen LogP contribution in [0.15, 0.2) is 34.8 Å². The first-order chi connectivity index (χ1) is 8.63. The third-order valence-electron chi connectivity index (χ3n) is 2.67. The smallest absolute Gasteiger partial charge is 0.178 e. The Morgan fingerprint density at radius 2 is 2.00 bits per heavy atom. The lowest BCUT2D eigenvalue weighted by molar-refractivity contribution is 0.628. The van der Waals surface area contributed by atoms with E-state index >= 15 is 0 Å². The van der Waals surface area contributed by atoms with Crippen molar-refractivity contribution in [1.29, 1.82) is 0 Å². The van der Waals surface area contributed by atoms with Crippen LogP contribution in [0.4, 0.5) is 4.39 Å². The number of fused-ring (bicyclic) bond motifs is 1. The number of benzene rings is 1. The van der Waals surface area contributed by atoms with E-state index in [4.69, 9.17) is 0 Å². The van der Waals surface area contributed by atoms with Gasteiger partial charge in [-0.2, -0.15) is 0 Å². The van der Waals surface area contributed by atoms with Crippen molar-refractivity contribution in [3.8, 4) is 11.4 Å². The Bertz CT molecular complexity index is 736. The molecule has 1 N–H and O–H groups in total. The van der Waals surface area contributed by atoms with Crippen molar-refractivity contribution in [1.82, 2.24) is 15.0 Å². The Kier molecular flexibility index (Phi) is 2.63. The predicted molar refractivity (Wildman–Crippen MR) is 71.7 cm³/mol. The van der Waals surface area contributed by atoms with E-state index in [9.17, 15) is 4.39 Å². The summed E-state index contributed by atoms with van der Waals surface area (Å²) in [7, 11) is 0. The summed E-state index contributed by atoms with van der Waals surface area (Å²) in [5, 5.41) is 0.